The number of carbonyl (C=O) groups excluding carboxylic acids is 2. The molecule has 1 unspecified atom stereocenters. The van der Waals surface area contributed by atoms with Crippen molar-refractivity contribution in [2.24, 2.45) is 5.73 Å². The molecule has 0 fully saturated rings. The summed E-state index contributed by atoms with van der Waals surface area (Å²) in [5.74, 6) is -2.23. The number of carbonyl (C=O) groups is 3. The molecule has 8 heteroatoms. The first-order valence-corrected chi connectivity index (χ1v) is 10.4. The van der Waals surface area contributed by atoms with Crippen molar-refractivity contribution in [3.05, 3.63) is 59.7 Å². The number of benzene rings is 2. The monoisotopic (exact) mass is 440 g/mol. The number of carboxylic acids is 1. The van der Waals surface area contributed by atoms with Gasteiger partial charge in [-0.25, -0.2) is 9.59 Å². The molecule has 0 aromatic heterocycles. The molecular formula is C24H28N2O6. The molecule has 0 spiro atoms. The van der Waals surface area contributed by atoms with Gasteiger partial charge in [0.25, 0.3) is 0 Å². The van der Waals surface area contributed by atoms with Crippen molar-refractivity contribution < 1.29 is 29.0 Å². The summed E-state index contributed by atoms with van der Waals surface area (Å²) in [6.45, 7) is 3.95. The Balaban J connectivity index is 1.78. The predicted molar refractivity (Wildman–Crippen MR) is 118 cm³/mol. The van der Waals surface area contributed by atoms with Crippen molar-refractivity contribution in [2.45, 2.75) is 38.3 Å². The molecule has 0 saturated carbocycles. The van der Waals surface area contributed by atoms with Gasteiger partial charge in [0.2, 0.25) is 0 Å². The standard InChI is InChI=1S/C24H28N2O6/c1-24(2,3)32-23(30)26(13-21(27)28)20(12-25)22(29)31-14-19-17-10-6-4-8-15(17)16-9-5-7-11-18(16)19/h4-11,19-20H,12-14,25H2,1-3H3,(H,27,28). The Hall–Kier alpha value is -3.39. The Morgan fingerprint density at radius 3 is 2.03 bits per heavy atom. The van der Waals surface area contributed by atoms with E-state index in [2.05, 4.69) is 0 Å². The highest BCUT2D eigenvalue weighted by Gasteiger charge is 2.36. The fourth-order valence-electron chi connectivity index (χ4n) is 3.82. The van der Waals surface area contributed by atoms with Crippen LogP contribution in [0.25, 0.3) is 11.1 Å². The first kappa shape index (κ1) is 23.3. The van der Waals surface area contributed by atoms with E-state index in [1.165, 1.54) is 0 Å². The maximum absolute atomic E-state index is 12.9. The fraction of sp³-hybridized carbons (Fsp3) is 0.375. The van der Waals surface area contributed by atoms with Crippen LogP contribution < -0.4 is 5.73 Å². The summed E-state index contributed by atoms with van der Waals surface area (Å²) in [4.78, 5) is 37.6. The van der Waals surface area contributed by atoms with Crippen molar-refractivity contribution in [3.8, 4) is 11.1 Å². The minimum Gasteiger partial charge on any atom is -0.480 e. The number of hydrogen-bond acceptors (Lipinski definition) is 6. The lowest BCUT2D eigenvalue weighted by Gasteiger charge is -2.30. The van der Waals surface area contributed by atoms with Gasteiger partial charge in [-0.05, 0) is 43.0 Å². The average Bonchev–Trinajstić information content (AvgIpc) is 3.04. The van der Waals surface area contributed by atoms with E-state index in [0.29, 0.717) is 0 Å². The second-order valence-corrected chi connectivity index (χ2v) is 8.61. The van der Waals surface area contributed by atoms with Crippen LogP contribution >= 0.6 is 0 Å². The molecule has 0 saturated heterocycles. The quantitative estimate of drug-likeness (QED) is 0.635. The molecule has 0 radical (unpaired) electrons. The van der Waals surface area contributed by atoms with E-state index in [1.54, 1.807) is 20.8 Å². The number of rotatable bonds is 7. The van der Waals surface area contributed by atoms with Gasteiger partial charge >= 0.3 is 18.0 Å². The molecule has 170 valence electrons. The second kappa shape index (κ2) is 9.40. The molecule has 8 nitrogen and oxygen atoms in total. The van der Waals surface area contributed by atoms with Crippen LogP contribution in [0.1, 0.15) is 37.8 Å². The van der Waals surface area contributed by atoms with Gasteiger partial charge < -0.3 is 20.3 Å². The van der Waals surface area contributed by atoms with E-state index in [4.69, 9.17) is 15.2 Å². The van der Waals surface area contributed by atoms with Crippen molar-refractivity contribution >= 4 is 18.0 Å². The summed E-state index contributed by atoms with van der Waals surface area (Å²) >= 11 is 0. The molecule has 2 aromatic carbocycles. The van der Waals surface area contributed by atoms with Crippen LogP contribution in [0.2, 0.25) is 0 Å². The fourth-order valence-corrected chi connectivity index (χ4v) is 3.82. The largest absolute Gasteiger partial charge is 0.480 e. The molecule has 1 amide bonds. The number of carboxylic acid groups (broad SMARTS) is 1. The lowest BCUT2D eigenvalue weighted by molar-refractivity contribution is -0.151. The van der Waals surface area contributed by atoms with Gasteiger partial charge in [-0.2, -0.15) is 0 Å². The lowest BCUT2D eigenvalue weighted by Crippen LogP contribution is -2.53. The zero-order chi connectivity index (χ0) is 23.5. The molecule has 1 aliphatic carbocycles. The molecule has 3 N–H and O–H groups in total. The smallest absolute Gasteiger partial charge is 0.411 e. The Kier molecular flexibility index (Phi) is 6.84. The minimum absolute atomic E-state index is 0.0403. The van der Waals surface area contributed by atoms with E-state index in [-0.39, 0.29) is 19.1 Å². The topological polar surface area (TPSA) is 119 Å². The summed E-state index contributed by atoms with van der Waals surface area (Å²) in [6, 6.07) is 14.5. The van der Waals surface area contributed by atoms with Gasteiger partial charge in [-0.15, -0.1) is 0 Å². The zero-order valence-electron chi connectivity index (χ0n) is 18.4. The van der Waals surface area contributed by atoms with Crippen LogP contribution in [-0.4, -0.2) is 59.4 Å². The highest BCUT2D eigenvalue weighted by atomic mass is 16.6. The Labute approximate surface area is 186 Å². The predicted octanol–water partition coefficient (Wildman–Crippen LogP) is 2.99. The second-order valence-electron chi connectivity index (χ2n) is 8.61. The average molecular weight is 440 g/mol. The number of fused-ring (bicyclic) bond motifs is 3. The van der Waals surface area contributed by atoms with Gasteiger partial charge in [0.15, 0.2) is 0 Å². The zero-order valence-corrected chi connectivity index (χ0v) is 18.4. The van der Waals surface area contributed by atoms with Crippen LogP contribution in [0.3, 0.4) is 0 Å². The Morgan fingerprint density at radius 1 is 1.03 bits per heavy atom. The number of amides is 1. The number of esters is 1. The summed E-state index contributed by atoms with van der Waals surface area (Å²) in [6.07, 6.45) is -0.941. The van der Waals surface area contributed by atoms with Gasteiger partial charge in [0.1, 0.15) is 24.8 Å². The van der Waals surface area contributed by atoms with Crippen LogP contribution in [0.15, 0.2) is 48.5 Å². The molecule has 1 atom stereocenters. The van der Waals surface area contributed by atoms with Gasteiger partial charge in [-0.1, -0.05) is 48.5 Å². The van der Waals surface area contributed by atoms with Crippen molar-refractivity contribution in [1.82, 2.24) is 4.90 Å². The number of nitrogens with zero attached hydrogens (tertiary/aromatic N) is 1. The third-order valence-corrected chi connectivity index (χ3v) is 5.16. The van der Waals surface area contributed by atoms with E-state index >= 15 is 0 Å². The van der Waals surface area contributed by atoms with E-state index in [9.17, 15) is 19.5 Å². The first-order chi connectivity index (χ1) is 15.1. The summed E-state index contributed by atoms with van der Waals surface area (Å²) in [7, 11) is 0. The lowest BCUT2D eigenvalue weighted by atomic mass is 9.98. The number of hydrogen-bond donors (Lipinski definition) is 2. The third kappa shape index (κ3) is 5.08. The number of nitrogens with two attached hydrogens (primary N) is 1. The SMILES string of the molecule is CC(C)(C)OC(=O)N(CC(=O)O)C(CN)C(=O)OCC1c2ccccc2-c2ccccc21. The van der Waals surface area contributed by atoms with E-state index in [0.717, 1.165) is 27.2 Å². The maximum atomic E-state index is 12.9. The number of ether oxygens (including phenoxy) is 2. The summed E-state index contributed by atoms with van der Waals surface area (Å²) < 4.78 is 10.8. The van der Waals surface area contributed by atoms with Crippen LogP contribution in [-0.2, 0) is 19.1 Å². The highest BCUT2D eigenvalue weighted by molar-refractivity contribution is 5.85. The van der Waals surface area contributed by atoms with Gasteiger partial charge in [0.05, 0.1) is 0 Å². The van der Waals surface area contributed by atoms with E-state index in [1.807, 2.05) is 48.5 Å². The summed E-state index contributed by atoms with van der Waals surface area (Å²) in [5.41, 5.74) is 9.13. The van der Waals surface area contributed by atoms with Crippen molar-refractivity contribution in [1.29, 1.82) is 0 Å². The third-order valence-electron chi connectivity index (χ3n) is 5.16. The van der Waals surface area contributed by atoms with Crippen molar-refractivity contribution in [2.75, 3.05) is 19.7 Å². The Bertz CT molecular complexity index is 968. The van der Waals surface area contributed by atoms with Crippen LogP contribution in [0.4, 0.5) is 4.79 Å². The molecule has 32 heavy (non-hydrogen) atoms. The normalized spacial score (nSPS) is 13.6. The molecule has 3 rings (SSSR count). The van der Waals surface area contributed by atoms with E-state index < -0.39 is 36.2 Å². The highest BCUT2D eigenvalue weighted by Crippen LogP contribution is 2.44. The molecule has 0 aliphatic heterocycles. The molecule has 0 bridgehead atoms. The summed E-state index contributed by atoms with van der Waals surface area (Å²) in [5, 5.41) is 9.24. The van der Waals surface area contributed by atoms with Crippen molar-refractivity contribution in [3.63, 3.8) is 0 Å². The first-order valence-electron chi connectivity index (χ1n) is 10.4. The Morgan fingerprint density at radius 2 is 1.56 bits per heavy atom. The molecule has 1 aliphatic rings. The molecule has 2 aromatic rings. The van der Waals surface area contributed by atoms with Crippen LogP contribution in [0.5, 0.6) is 0 Å². The van der Waals surface area contributed by atoms with Gasteiger partial charge in [0, 0.05) is 12.5 Å². The van der Waals surface area contributed by atoms with Gasteiger partial charge in [-0.3, -0.25) is 9.69 Å². The molecular weight excluding hydrogens is 412 g/mol. The maximum Gasteiger partial charge on any atom is 0.411 e. The van der Waals surface area contributed by atoms with Crippen LogP contribution in [0, 0.1) is 0 Å². The minimum atomic E-state index is -1.29. The number of aliphatic carboxylic acids is 1. The molecule has 0 heterocycles.